The fourth-order valence-corrected chi connectivity index (χ4v) is 2.83. The summed E-state index contributed by atoms with van der Waals surface area (Å²) >= 11 is 0. The van der Waals surface area contributed by atoms with Gasteiger partial charge in [-0.25, -0.2) is 8.42 Å². The van der Waals surface area contributed by atoms with Gasteiger partial charge in [0.25, 0.3) is 0 Å². The summed E-state index contributed by atoms with van der Waals surface area (Å²) in [5.74, 6) is 0.638. The second-order valence-electron chi connectivity index (χ2n) is 7.14. The number of aliphatic imine (C=N–C) groups is 1. The molecule has 0 saturated heterocycles. The molecule has 8 heteroatoms. The van der Waals surface area contributed by atoms with E-state index >= 15 is 0 Å². The highest BCUT2D eigenvalue weighted by Crippen LogP contribution is 2.19. The molecule has 0 aromatic rings. The lowest BCUT2D eigenvalue weighted by atomic mass is 10.1. The molecule has 150 valence electrons. The molecule has 0 spiro atoms. The molecule has 1 saturated carbocycles. The normalized spacial score (nSPS) is 17.5. The maximum Gasteiger partial charge on any atom is 0.191 e. The number of ether oxygens (including phenoxy) is 1. The van der Waals surface area contributed by atoms with Crippen LogP contribution in [0.4, 0.5) is 0 Å². The SMILES string of the molecule is CCNC(=NCC(C)(C)S(C)(=O)=O)NCCOC1CCCCCC1.I. The summed E-state index contributed by atoms with van der Waals surface area (Å²) in [6, 6.07) is 0. The maximum atomic E-state index is 11.8. The van der Waals surface area contributed by atoms with Gasteiger partial charge in [0.05, 0.1) is 24.0 Å². The smallest absolute Gasteiger partial charge is 0.191 e. The van der Waals surface area contributed by atoms with Crippen molar-refractivity contribution in [1.82, 2.24) is 10.6 Å². The molecule has 0 bridgehead atoms. The van der Waals surface area contributed by atoms with E-state index in [4.69, 9.17) is 4.74 Å². The molecule has 2 N–H and O–H groups in total. The summed E-state index contributed by atoms with van der Waals surface area (Å²) in [6.45, 7) is 7.65. The Bertz CT molecular complexity index is 487. The van der Waals surface area contributed by atoms with E-state index in [1.807, 2.05) is 6.92 Å². The Morgan fingerprint density at radius 2 is 1.76 bits per heavy atom. The van der Waals surface area contributed by atoms with Crippen LogP contribution >= 0.6 is 24.0 Å². The van der Waals surface area contributed by atoms with Gasteiger partial charge in [-0.3, -0.25) is 4.99 Å². The first-order valence-electron chi connectivity index (χ1n) is 9.09. The number of nitrogens with zero attached hydrogens (tertiary/aromatic N) is 1. The third-order valence-corrected chi connectivity index (χ3v) is 6.65. The van der Waals surface area contributed by atoms with Crippen LogP contribution in [-0.4, -0.2) is 57.7 Å². The second kappa shape index (κ2) is 12.3. The van der Waals surface area contributed by atoms with Crippen LogP contribution in [0.15, 0.2) is 4.99 Å². The predicted molar refractivity (Wildman–Crippen MR) is 116 cm³/mol. The van der Waals surface area contributed by atoms with Crippen molar-refractivity contribution >= 4 is 39.8 Å². The number of nitrogens with one attached hydrogen (secondary N) is 2. The molecule has 0 atom stereocenters. The van der Waals surface area contributed by atoms with Crippen LogP contribution in [0, 0.1) is 0 Å². The van der Waals surface area contributed by atoms with Gasteiger partial charge >= 0.3 is 0 Å². The Morgan fingerprint density at radius 3 is 2.28 bits per heavy atom. The number of halogens is 1. The molecule has 0 aromatic carbocycles. The van der Waals surface area contributed by atoms with Gasteiger partial charge in [0, 0.05) is 19.3 Å². The van der Waals surface area contributed by atoms with Gasteiger partial charge in [0.2, 0.25) is 0 Å². The Morgan fingerprint density at radius 1 is 1.16 bits per heavy atom. The standard InChI is InChI=1S/C17H35N3O3S.HI/c1-5-18-16(20-14-17(2,3)24(4,21)22)19-12-13-23-15-10-8-6-7-9-11-15;/h15H,5-14H2,1-4H3,(H2,18,19,20);1H. The van der Waals surface area contributed by atoms with E-state index in [-0.39, 0.29) is 30.5 Å². The minimum Gasteiger partial charge on any atom is -0.376 e. The van der Waals surface area contributed by atoms with Crippen LogP contribution < -0.4 is 10.6 Å². The van der Waals surface area contributed by atoms with Crippen molar-refractivity contribution in [3.05, 3.63) is 0 Å². The van der Waals surface area contributed by atoms with Crippen molar-refractivity contribution in [2.75, 3.05) is 32.5 Å². The molecule has 0 aliphatic heterocycles. The van der Waals surface area contributed by atoms with Crippen LogP contribution in [0.1, 0.15) is 59.3 Å². The highest BCUT2D eigenvalue weighted by molar-refractivity contribution is 14.0. The molecular weight excluding hydrogens is 453 g/mol. The van der Waals surface area contributed by atoms with E-state index in [1.165, 1.54) is 31.9 Å². The van der Waals surface area contributed by atoms with Crippen LogP contribution in [-0.2, 0) is 14.6 Å². The summed E-state index contributed by atoms with van der Waals surface area (Å²) in [7, 11) is -3.14. The van der Waals surface area contributed by atoms with Crippen LogP contribution in [0.2, 0.25) is 0 Å². The summed E-state index contributed by atoms with van der Waals surface area (Å²) in [4.78, 5) is 4.41. The van der Waals surface area contributed by atoms with Crippen LogP contribution in [0.3, 0.4) is 0 Å². The maximum absolute atomic E-state index is 11.8. The highest BCUT2D eigenvalue weighted by Gasteiger charge is 2.29. The molecule has 0 radical (unpaired) electrons. The first-order chi connectivity index (χ1) is 11.3. The van der Waals surface area contributed by atoms with Crippen molar-refractivity contribution in [2.24, 2.45) is 4.99 Å². The van der Waals surface area contributed by atoms with Crippen molar-refractivity contribution in [3.8, 4) is 0 Å². The molecular formula is C17H36IN3O3S. The number of sulfone groups is 1. The lowest BCUT2D eigenvalue weighted by Gasteiger charge is -2.21. The first-order valence-corrected chi connectivity index (χ1v) is 11.0. The molecule has 1 aliphatic rings. The van der Waals surface area contributed by atoms with Crippen molar-refractivity contribution in [1.29, 1.82) is 0 Å². The third kappa shape index (κ3) is 9.98. The molecule has 0 aromatic heterocycles. The van der Waals surface area contributed by atoms with E-state index in [0.29, 0.717) is 25.2 Å². The van der Waals surface area contributed by atoms with Crippen LogP contribution in [0.25, 0.3) is 0 Å². The fourth-order valence-electron chi connectivity index (χ4n) is 2.53. The Hall–Kier alpha value is -0.0900. The van der Waals surface area contributed by atoms with Gasteiger partial charge < -0.3 is 15.4 Å². The Kier molecular flexibility index (Phi) is 12.3. The van der Waals surface area contributed by atoms with Crippen molar-refractivity contribution in [2.45, 2.75) is 70.1 Å². The summed E-state index contributed by atoms with van der Waals surface area (Å²) in [5, 5.41) is 6.36. The minimum atomic E-state index is -3.14. The van der Waals surface area contributed by atoms with Crippen LogP contribution in [0.5, 0.6) is 0 Å². The lowest BCUT2D eigenvalue weighted by Crippen LogP contribution is -2.41. The van der Waals surface area contributed by atoms with Gasteiger partial charge in [-0.2, -0.15) is 0 Å². The molecule has 0 heterocycles. The van der Waals surface area contributed by atoms with E-state index in [0.717, 1.165) is 19.4 Å². The van der Waals surface area contributed by atoms with Crippen molar-refractivity contribution in [3.63, 3.8) is 0 Å². The quantitative estimate of drug-likeness (QED) is 0.180. The minimum absolute atomic E-state index is 0. The highest BCUT2D eigenvalue weighted by atomic mass is 127. The largest absolute Gasteiger partial charge is 0.376 e. The van der Waals surface area contributed by atoms with Gasteiger partial charge in [-0.05, 0) is 33.6 Å². The summed E-state index contributed by atoms with van der Waals surface area (Å²) in [6.07, 6.45) is 9.15. The molecule has 1 rings (SSSR count). The molecule has 1 aliphatic carbocycles. The number of hydrogen-bond donors (Lipinski definition) is 2. The molecule has 1 fully saturated rings. The number of hydrogen-bond acceptors (Lipinski definition) is 4. The molecule has 0 unspecified atom stereocenters. The number of rotatable bonds is 8. The van der Waals surface area contributed by atoms with Gasteiger partial charge in [-0.15, -0.1) is 24.0 Å². The predicted octanol–water partition coefficient (Wildman–Crippen LogP) is 2.72. The third-order valence-electron chi connectivity index (χ3n) is 4.52. The molecule has 0 amide bonds. The summed E-state index contributed by atoms with van der Waals surface area (Å²) in [5.41, 5.74) is 0. The second-order valence-corrected chi connectivity index (χ2v) is 9.79. The van der Waals surface area contributed by atoms with Gasteiger partial charge in [-0.1, -0.05) is 25.7 Å². The Labute approximate surface area is 170 Å². The lowest BCUT2D eigenvalue weighted by molar-refractivity contribution is 0.0468. The zero-order chi connectivity index (χ0) is 18.1. The monoisotopic (exact) mass is 489 g/mol. The molecule has 25 heavy (non-hydrogen) atoms. The first kappa shape index (κ1) is 24.9. The van der Waals surface area contributed by atoms with E-state index in [1.54, 1.807) is 13.8 Å². The fraction of sp³-hybridized carbons (Fsp3) is 0.941. The topological polar surface area (TPSA) is 79.8 Å². The Balaban J connectivity index is 0.00000576. The van der Waals surface area contributed by atoms with Gasteiger partial charge in [0.15, 0.2) is 15.8 Å². The average molecular weight is 489 g/mol. The van der Waals surface area contributed by atoms with E-state index < -0.39 is 14.6 Å². The van der Waals surface area contributed by atoms with E-state index in [9.17, 15) is 8.42 Å². The van der Waals surface area contributed by atoms with Crippen molar-refractivity contribution < 1.29 is 13.2 Å². The average Bonchev–Trinajstić information content (AvgIpc) is 2.76. The van der Waals surface area contributed by atoms with E-state index in [2.05, 4.69) is 15.6 Å². The zero-order valence-electron chi connectivity index (χ0n) is 16.1. The van der Waals surface area contributed by atoms with Gasteiger partial charge in [0.1, 0.15) is 0 Å². The summed E-state index contributed by atoms with van der Waals surface area (Å²) < 4.78 is 28.6. The number of guanidine groups is 1. The zero-order valence-corrected chi connectivity index (χ0v) is 19.3. The molecule has 6 nitrogen and oxygen atoms in total.